The second-order valence-corrected chi connectivity index (χ2v) is 10.0. The van der Waals surface area contributed by atoms with Crippen molar-refractivity contribution in [1.82, 2.24) is 5.32 Å². The third-order valence-electron chi connectivity index (χ3n) is 4.86. The number of hydrogen-bond donors (Lipinski definition) is 2. The first-order chi connectivity index (χ1) is 15.3. The summed E-state index contributed by atoms with van der Waals surface area (Å²) < 4.78 is 33.8. The van der Waals surface area contributed by atoms with Crippen molar-refractivity contribution in [2.24, 2.45) is 5.92 Å². The summed E-state index contributed by atoms with van der Waals surface area (Å²) in [7, 11) is -3.91. The number of benzene rings is 3. The van der Waals surface area contributed by atoms with E-state index in [0.29, 0.717) is 34.5 Å². The Kier molecular flexibility index (Phi) is 6.60. The largest absolute Gasteiger partial charge is 0.456 e. The van der Waals surface area contributed by atoms with E-state index in [1.165, 1.54) is 42.5 Å². The molecule has 32 heavy (non-hydrogen) atoms. The van der Waals surface area contributed by atoms with Crippen LogP contribution < -0.4 is 14.8 Å². The van der Waals surface area contributed by atoms with E-state index in [1.54, 1.807) is 24.3 Å². The van der Waals surface area contributed by atoms with Crippen molar-refractivity contribution in [3.8, 4) is 11.5 Å². The number of nitrogens with one attached hydrogen (secondary N) is 2. The monoisotopic (exact) mass is 490 g/mol. The van der Waals surface area contributed by atoms with Gasteiger partial charge in [0.15, 0.2) is 0 Å². The van der Waals surface area contributed by atoms with Crippen LogP contribution in [0.25, 0.3) is 0 Å². The van der Waals surface area contributed by atoms with Gasteiger partial charge in [0.1, 0.15) is 11.5 Å². The Labute approximate surface area is 196 Å². The summed E-state index contributed by atoms with van der Waals surface area (Å²) in [6.07, 6.45) is 2.23. The standard InChI is InChI=1S/C23H20Cl2N2O4S/c24-17-11-16(23(28)26-14-15-5-6-15)12-18(13-17)27-32(29,30)20-9-7-19(8-10-20)31-22-4-2-1-3-21(22)25/h1-4,7-13,15,27H,5-6,14H2,(H,26,28). The van der Waals surface area contributed by atoms with E-state index in [4.69, 9.17) is 27.9 Å². The topological polar surface area (TPSA) is 84.5 Å². The van der Waals surface area contributed by atoms with Crippen molar-refractivity contribution in [2.45, 2.75) is 17.7 Å². The van der Waals surface area contributed by atoms with Crippen LogP contribution in [0.3, 0.4) is 0 Å². The summed E-state index contributed by atoms with van der Waals surface area (Å²) in [5.41, 5.74) is 0.491. The van der Waals surface area contributed by atoms with E-state index in [0.717, 1.165) is 12.8 Å². The number of ether oxygens (including phenoxy) is 1. The fraction of sp³-hybridized carbons (Fsp3) is 0.174. The Morgan fingerprint density at radius 1 is 1.00 bits per heavy atom. The lowest BCUT2D eigenvalue weighted by molar-refractivity contribution is 0.0952. The van der Waals surface area contributed by atoms with E-state index in [2.05, 4.69) is 10.0 Å². The minimum absolute atomic E-state index is 0.0312. The number of carbonyl (C=O) groups is 1. The van der Waals surface area contributed by atoms with Crippen molar-refractivity contribution in [2.75, 3.05) is 11.3 Å². The maximum atomic E-state index is 12.8. The van der Waals surface area contributed by atoms with E-state index in [-0.39, 0.29) is 21.5 Å². The predicted molar refractivity (Wildman–Crippen MR) is 125 cm³/mol. The predicted octanol–water partition coefficient (Wildman–Crippen LogP) is 5.73. The molecule has 1 fully saturated rings. The van der Waals surface area contributed by atoms with E-state index >= 15 is 0 Å². The van der Waals surface area contributed by atoms with Gasteiger partial charge in [-0.15, -0.1) is 0 Å². The van der Waals surface area contributed by atoms with Crippen molar-refractivity contribution in [3.63, 3.8) is 0 Å². The van der Waals surface area contributed by atoms with Gasteiger partial charge in [0.05, 0.1) is 15.6 Å². The molecule has 0 saturated heterocycles. The van der Waals surface area contributed by atoms with Crippen molar-refractivity contribution in [1.29, 1.82) is 0 Å². The zero-order chi connectivity index (χ0) is 22.7. The highest BCUT2D eigenvalue weighted by atomic mass is 35.5. The lowest BCUT2D eigenvalue weighted by Crippen LogP contribution is -2.25. The first-order valence-corrected chi connectivity index (χ1v) is 12.2. The molecule has 1 aliphatic carbocycles. The van der Waals surface area contributed by atoms with Crippen LogP contribution in [-0.2, 0) is 10.0 Å². The molecule has 9 heteroatoms. The molecule has 3 aromatic carbocycles. The minimum Gasteiger partial charge on any atom is -0.456 e. The Hall–Kier alpha value is -2.74. The van der Waals surface area contributed by atoms with Crippen molar-refractivity contribution in [3.05, 3.63) is 82.3 Å². The molecule has 1 saturated carbocycles. The van der Waals surface area contributed by atoms with Gasteiger partial charge >= 0.3 is 0 Å². The number of sulfonamides is 1. The zero-order valence-corrected chi connectivity index (χ0v) is 19.2. The normalized spacial score (nSPS) is 13.4. The van der Waals surface area contributed by atoms with Crippen LogP contribution in [0.2, 0.25) is 10.0 Å². The van der Waals surface area contributed by atoms with Gasteiger partial charge in [0.25, 0.3) is 15.9 Å². The molecule has 0 bridgehead atoms. The van der Waals surface area contributed by atoms with Gasteiger partial charge in [-0.25, -0.2) is 8.42 Å². The van der Waals surface area contributed by atoms with Crippen molar-refractivity contribution < 1.29 is 17.9 Å². The number of amides is 1. The van der Waals surface area contributed by atoms with Crippen LogP contribution in [0.5, 0.6) is 11.5 Å². The van der Waals surface area contributed by atoms with E-state index in [9.17, 15) is 13.2 Å². The second kappa shape index (κ2) is 9.40. The van der Waals surface area contributed by atoms with Gasteiger partial charge in [-0.2, -0.15) is 0 Å². The molecule has 0 atom stereocenters. The van der Waals surface area contributed by atoms with Gasteiger partial charge in [-0.1, -0.05) is 35.3 Å². The molecule has 0 unspecified atom stereocenters. The van der Waals surface area contributed by atoms with Crippen molar-refractivity contribution >= 4 is 44.8 Å². The van der Waals surface area contributed by atoms with Crippen LogP contribution in [0.1, 0.15) is 23.2 Å². The Bertz CT molecular complexity index is 1240. The lowest BCUT2D eigenvalue weighted by Gasteiger charge is -2.12. The van der Waals surface area contributed by atoms with Crippen LogP contribution >= 0.6 is 23.2 Å². The highest BCUT2D eigenvalue weighted by Gasteiger charge is 2.22. The van der Waals surface area contributed by atoms with Crippen LogP contribution in [-0.4, -0.2) is 20.9 Å². The summed E-state index contributed by atoms with van der Waals surface area (Å²) in [4.78, 5) is 12.4. The number of carbonyl (C=O) groups excluding carboxylic acids is 1. The molecule has 0 spiro atoms. The first kappa shape index (κ1) is 22.5. The molecule has 0 aliphatic heterocycles. The van der Waals surface area contributed by atoms with E-state index in [1.807, 2.05) is 0 Å². The number of halogens is 2. The zero-order valence-electron chi connectivity index (χ0n) is 16.8. The quantitative estimate of drug-likeness (QED) is 0.422. The van der Waals surface area contributed by atoms with Gasteiger partial charge in [-0.05, 0) is 73.4 Å². The number of anilines is 1. The maximum Gasteiger partial charge on any atom is 0.261 e. The number of para-hydroxylation sites is 1. The van der Waals surface area contributed by atoms with Gasteiger partial charge in [-0.3, -0.25) is 9.52 Å². The maximum absolute atomic E-state index is 12.8. The van der Waals surface area contributed by atoms with Gasteiger partial charge in [0, 0.05) is 17.1 Å². The molecule has 6 nitrogen and oxygen atoms in total. The highest BCUT2D eigenvalue weighted by molar-refractivity contribution is 7.92. The minimum atomic E-state index is -3.91. The second-order valence-electron chi connectivity index (χ2n) is 7.49. The summed E-state index contributed by atoms with van der Waals surface area (Å²) in [5, 5.41) is 3.54. The molecule has 0 radical (unpaired) electrons. The average Bonchev–Trinajstić information content (AvgIpc) is 3.58. The molecule has 0 heterocycles. The van der Waals surface area contributed by atoms with E-state index < -0.39 is 10.0 Å². The summed E-state index contributed by atoms with van der Waals surface area (Å²) >= 11 is 12.2. The average molecular weight is 491 g/mol. The highest BCUT2D eigenvalue weighted by Crippen LogP contribution is 2.30. The molecular formula is C23H20Cl2N2O4S. The lowest BCUT2D eigenvalue weighted by atomic mass is 10.2. The Morgan fingerprint density at radius 3 is 2.41 bits per heavy atom. The summed E-state index contributed by atoms with van der Waals surface area (Å²) in [6.45, 7) is 0.606. The summed E-state index contributed by atoms with van der Waals surface area (Å²) in [5.74, 6) is 1.14. The fourth-order valence-electron chi connectivity index (χ4n) is 3.00. The molecule has 2 N–H and O–H groups in total. The molecule has 3 aromatic rings. The van der Waals surface area contributed by atoms with Crippen LogP contribution in [0, 0.1) is 5.92 Å². The SMILES string of the molecule is O=C(NCC1CC1)c1cc(Cl)cc(NS(=O)(=O)c2ccc(Oc3ccccc3Cl)cc2)c1. The fourth-order valence-corrected chi connectivity index (χ4v) is 4.45. The molecule has 0 aromatic heterocycles. The Balaban J connectivity index is 1.47. The Morgan fingerprint density at radius 2 is 1.72 bits per heavy atom. The van der Waals surface area contributed by atoms with Crippen LogP contribution in [0.15, 0.2) is 71.6 Å². The third kappa shape index (κ3) is 5.73. The summed E-state index contributed by atoms with van der Waals surface area (Å²) in [6, 6.07) is 17.3. The molecule has 4 rings (SSSR count). The third-order valence-corrected chi connectivity index (χ3v) is 6.79. The molecule has 166 valence electrons. The smallest absolute Gasteiger partial charge is 0.261 e. The molecule has 1 aliphatic rings. The van der Waals surface area contributed by atoms with Crippen LogP contribution in [0.4, 0.5) is 5.69 Å². The first-order valence-electron chi connectivity index (χ1n) is 9.94. The van der Waals surface area contributed by atoms with Gasteiger partial charge in [0.2, 0.25) is 0 Å². The number of rotatable bonds is 8. The van der Waals surface area contributed by atoms with Gasteiger partial charge < -0.3 is 10.1 Å². The molecular weight excluding hydrogens is 471 g/mol. The molecule has 1 amide bonds. The number of hydrogen-bond acceptors (Lipinski definition) is 4.